The molecule has 43 heavy (non-hydrogen) atoms. The predicted octanol–water partition coefficient (Wildman–Crippen LogP) is 3.62. The highest BCUT2D eigenvalue weighted by Gasteiger charge is 2.53. The van der Waals surface area contributed by atoms with Crippen LogP contribution in [0.5, 0.6) is 0 Å². The van der Waals surface area contributed by atoms with Crippen molar-refractivity contribution in [3.8, 4) is 0 Å². The fourth-order valence-corrected chi connectivity index (χ4v) is 6.24. The third kappa shape index (κ3) is 8.09. The molecule has 1 amide bonds. The Balaban J connectivity index is 1.78. The van der Waals surface area contributed by atoms with Crippen LogP contribution in [0.15, 0.2) is 52.5 Å². The summed E-state index contributed by atoms with van der Waals surface area (Å²) in [5.41, 5.74) is 0.523. The molecule has 3 heterocycles. The van der Waals surface area contributed by atoms with Crippen LogP contribution in [0.3, 0.4) is 0 Å². The van der Waals surface area contributed by atoms with E-state index in [0.717, 1.165) is 43.0 Å². The Hall–Kier alpha value is -4.01. The Morgan fingerprint density at radius 2 is 1.56 bits per heavy atom. The lowest BCUT2D eigenvalue weighted by Gasteiger charge is -2.44. The van der Waals surface area contributed by atoms with E-state index in [1.54, 1.807) is 18.2 Å². The molecule has 1 aromatic carbocycles. The van der Waals surface area contributed by atoms with E-state index in [9.17, 15) is 24.0 Å². The number of thiophene rings is 1. The molecule has 2 aliphatic heterocycles. The van der Waals surface area contributed by atoms with Crippen LogP contribution >= 0.6 is 23.1 Å². The van der Waals surface area contributed by atoms with Gasteiger partial charge >= 0.3 is 23.9 Å². The molecule has 12 nitrogen and oxygen atoms in total. The van der Waals surface area contributed by atoms with Crippen LogP contribution < -0.4 is 4.90 Å². The second-order valence-electron chi connectivity index (χ2n) is 9.60. The van der Waals surface area contributed by atoms with Crippen LogP contribution in [0.2, 0.25) is 0 Å². The first-order chi connectivity index (χ1) is 20.4. The zero-order chi connectivity index (χ0) is 31.3. The van der Waals surface area contributed by atoms with Crippen molar-refractivity contribution in [2.45, 2.75) is 64.5 Å². The third-order valence-electron chi connectivity index (χ3n) is 6.11. The summed E-state index contributed by atoms with van der Waals surface area (Å²) in [6.07, 6.45) is -3.42. The highest BCUT2D eigenvalue weighted by molar-refractivity contribution is 8.14. The molecule has 0 saturated carbocycles. The number of benzene rings is 1. The van der Waals surface area contributed by atoms with Crippen LogP contribution in [0, 0.1) is 6.92 Å². The molecule has 0 radical (unpaired) electrons. The normalized spacial score (nSPS) is 24.3. The lowest BCUT2D eigenvalue weighted by Crippen LogP contribution is -2.61. The molecule has 0 aliphatic carbocycles. The standard InChI is InChI=1S/C29H30N2O10S2/c1-15-8-10-20(11-9-15)31-27(36)22(13-21-7-6-12-42-21)30-29(31)43-28-26(40-19(5)35)25(39-18(4)34)24(38-17(3)33)23(41-28)14-37-16(2)32/h6-13,23-26,28H,14H2,1-5H3. The molecule has 2 aromatic rings. The number of anilines is 1. The second kappa shape index (κ2) is 14.0. The Morgan fingerprint density at radius 3 is 2.14 bits per heavy atom. The van der Waals surface area contributed by atoms with E-state index < -0.39 is 59.6 Å². The molecule has 0 spiro atoms. The van der Waals surface area contributed by atoms with Crippen molar-refractivity contribution >= 4 is 69.8 Å². The average molecular weight is 631 g/mol. The highest BCUT2D eigenvalue weighted by Crippen LogP contribution is 2.39. The topological polar surface area (TPSA) is 147 Å². The van der Waals surface area contributed by atoms with E-state index in [1.165, 1.54) is 23.2 Å². The number of rotatable bonds is 8. The third-order valence-corrected chi connectivity index (χ3v) is 8.03. The highest BCUT2D eigenvalue weighted by atomic mass is 32.2. The lowest BCUT2D eigenvalue weighted by molar-refractivity contribution is -0.237. The number of thioether (sulfide) groups is 1. The summed E-state index contributed by atoms with van der Waals surface area (Å²) >= 11 is 2.38. The number of amides is 1. The van der Waals surface area contributed by atoms with Gasteiger partial charge in [0.2, 0.25) is 0 Å². The largest absolute Gasteiger partial charge is 0.463 e. The quantitative estimate of drug-likeness (QED) is 0.239. The number of ether oxygens (including phenoxy) is 5. The van der Waals surface area contributed by atoms with Gasteiger partial charge in [-0.15, -0.1) is 11.3 Å². The summed E-state index contributed by atoms with van der Waals surface area (Å²) in [6.45, 7) is 6.20. The molecule has 1 aromatic heterocycles. The Morgan fingerprint density at radius 1 is 0.930 bits per heavy atom. The van der Waals surface area contributed by atoms with Crippen LogP contribution in [0.25, 0.3) is 6.08 Å². The van der Waals surface area contributed by atoms with Crippen molar-refractivity contribution in [3.05, 3.63) is 57.9 Å². The van der Waals surface area contributed by atoms with E-state index >= 15 is 0 Å². The molecule has 5 unspecified atom stereocenters. The Labute approximate surface area is 256 Å². The average Bonchev–Trinajstić information content (AvgIpc) is 3.54. The first-order valence-electron chi connectivity index (χ1n) is 13.1. The minimum Gasteiger partial charge on any atom is -0.463 e. The number of nitrogens with zero attached hydrogens (tertiary/aromatic N) is 2. The number of hydrogen-bond donors (Lipinski definition) is 0. The Bertz CT molecular complexity index is 1440. The zero-order valence-electron chi connectivity index (χ0n) is 24.0. The molecule has 1 saturated heterocycles. The van der Waals surface area contributed by atoms with Gasteiger partial charge in [-0.3, -0.25) is 28.9 Å². The summed E-state index contributed by atoms with van der Waals surface area (Å²) in [6, 6.07) is 10.9. The van der Waals surface area contributed by atoms with E-state index in [-0.39, 0.29) is 17.5 Å². The van der Waals surface area contributed by atoms with E-state index in [4.69, 9.17) is 23.7 Å². The monoisotopic (exact) mass is 630 g/mol. The van der Waals surface area contributed by atoms with Crippen molar-refractivity contribution in [1.29, 1.82) is 0 Å². The van der Waals surface area contributed by atoms with Gasteiger partial charge in [0.15, 0.2) is 28.9 Å². The van der Waals surface area contributed by atoms with Crippen LogP contribution in [0.4, 0.5) is 5.69 Å². The van der Waals surface area contributed by atoms with Gasteiger partial charge in [0.1, 0.15) is 18.4 Å². The van der Waals surface area contributed by atoms with Crippen molar-refractivity contribution in [2.75, 3.05) is 11.5 Å². The molecule has 1 fully saturated rings. The smallest absolute Gasteiger partial charge is 0.303 e. The molecule has 0 bridgehead atoms. The molecular formula is C29H30N2O10S2. The van der Waals surface area contributed by atoms with Gasteiger partial charge in [-0.05, 0) is 36.6 Å². The van der Waals surface area contributed by atoms with E-state index in [1.807, 2.05) is 36.6 Å². The van der Waals surface area contributed by atoms with Gasteiger partial charge in [-0.1, -0.05) is 35.5 Å². The van der Waals surface area contributed by atoms with E-state index in [2.05, 4.69) is 4.99 Å². The number of aryl methyl sites for hydroxylation is 1. The first-order valence-corrected chi connectivity index (χ1v) is 14.9. The maximum atomic E-state index is 13.7. The predicted molar refractivity (Wildman–Crippen MR) is 158 cm³/mol. The molecular weight excluding hydrogens is 600 g/mol. The minimum absolute atomic E-state index is 0.163. The summed E-state index contributed by atoms with van der Waals surface area (Å²) in [7, 11) is 0. The number of aliphatic imine (C=N–C) groups is 1. The molecule has 5 atom stereocenters. The van der Waals surface area contributed by atoms with Gasteiger partial charge in [0.25, 0.3) is 5.91 Å². The summed E-state index contributed by atoms with van der Waals surface area (Å²) in [4.78, 5) is 68.6. The van der Waals surface area contributed by atoms with Crippen molar-refractivity contribution in [2.24, 2.45) is 4.99 Å². The summed E-state index contributed by atoms with van der Waals surface area (Å²) in [5, 5.41) is 2.07. The fourth-order valence-electron chi connectivity index (χ4n) is 4.39. The number of carbonyl (C=O) groups is 5. The fraction of sp³-hybridized carbons (Fsp3) is 0.379. The maximum absolute atomic E-state index is 13.7. The number of amidine groups is 1. The number of esters is 4. The lowest BCUT2D eigenvalue weighted by atomic mass is 9.99. The van der Waals surface area contributed by atoms with Crippen LogP contribution in [0.1, 0.15) is 38.1 Å². The van der Waals surface area contributed by atoms with Crippen molar-refractivity contribution < 1.29 is 47.7 Å². The molecule has 14 heteroatoms. The number of hydrogen-bond acceptors (Lipinski definition) is 13. The molecule has 4 rings (SSSR count). The molecule has 2 aliphatic rings. The molecule has 0 N–H and O–H groups in total. The molecule has 228 valence electrons. The van der Waals surface area contributed by atoms with Crippen molar-refractivity contribution in [1.82, 2.24) is 0 Å². The van der Waals surface area contributed by atoms with Gasteiger partial charge in [-0.25, -0.2) is 4.99 Å². The van der Waals surface area contributed by atoms with Crippen LogP contribution in [-0.4, -0.2) is 71.4 Å². The summed E-state index contributed by atoms with van der Waals surface area (Å²) in [5.74, 6) is -3.22. The second-order valence-corrected chi connectivity index (χ2v) is 11.6. The summed E-state index contributed by atoms with van der Waals surface area (Å²) < 4.78 is 27.9. The maximum Gasteiger partial charge on any atom is 0.303 e. The zero-order valence-corrected chi connectivity index (χ0v) is 25.6. The van der Waals surface area contributed by atoms with E-state index in [0.29, 0.717) is 5.69 Å². The van der Waals surface area contributed by atoms with Gasteiger partial charge in [0.05, 0.1) is 5.69 Å². The number of carbonyl (C=O) groups excluding carboxylic acids is 5. The first kappa shape index (κ1) is 31.9. The van der Waals surface area contributed by atoms with Gasteiger partial charge in [-0.2, -0.15) is 0 Å². The Kier molecular flexibility index (Phi) is 10.4. The van der Waals surface area contributed by atoms with Gasteiger partial charge < -0.3 is 23.7 Å². The van der Waals surface area contributed by atoms with Gasteiger partial charge in [0, 0.05) is 32.6 Å². The van der Waals surface area contributed by atoms with Crippen molar-refractivity contribution in [3.63, 3.8) is 0 Å². The minimum atomic E-state index is -1.34. The SMILES string of the molecule is CC(=O)OCC1OC(SC2=NC(=Cc3cccs3)C(=O)N2c2ccc(C)cc2)C(OC(C)=O)C(OC(C)=O)C1OC(C)=O. The van der Waals surface area contributed by atoms with Crippen LogP contribution in [-0.2, 0) is 47.7 Å².